The molecular weight excluding hydrogens is 290 g/mol. The van der Waals surface area contributed by atoms with E-state index in [2.05, 4.69) is 10.4 Å². The molecule has 1 N–H and O–H groups in total. The van der Waals surface area contributed by atoms with Gasteiger partial charge >= 0.3 is 0 Å². The zero-order valence-corrected chi connectivity index (χ0v) is 14.3. The first-order valence-corrected chi connectivity index (χ1v) is 7.92. The maximum Gasteiger partial charge on any atom is 0.220 e. The second-order valence-corrected chi connectivity index (χ2v) is 5.95. The number of amides is 1. The zero-order chi connectivity index (χ0) is 16.8. The van der Waals surface area contributed by atoms with Gasteiger partial charge in [-0.2, -0.15) is 5.10 Å². The number of carbonyl (C=O) groups is 1. The van der Waals surface area contributed by atoms with Crippen molar-refractivity contribution in [3.63, 3.8) is 0 Å². The molecule has 0 aliphatic carbocycles. The summed E-state index contributed by atoms with van der Waals surface area (Å²) in [5.74, 6) is 0.937. The van der Waals surface area contributed by atoms with Crippen LogP contribution in [0.3, 0.4) is 0 Å². The molecule has 5 nitrogen and oxygen atoms in total. The van der Waals surface area contributed by atoms with Gasteiger partial charge in [-0.1, -0.05) is 18.2 Å². The molecule has 0 saturated heterocycles. The third-order valence-electron chi connectivity index (χ3n) is 3.82. The molecule has 0 spiro atoms. The fourth-order valence-electron chi connectivity index (χ4n) is 2.51. The molecule has 0 radical (unpaired) electrons. The topological polar surface area (TPSA) is 56.1 Å². The van der Waals surface area contributed by atoms with Gasteiger partial charge in [-0.05, 0) is 44.4 Å². The lowest BCUT2D eigenvalue weighted by Crippen LogP contribution is -2.37. The van der Waals surface area contributed by atoms with Crippen LogP contribution in [0.15, 0.2) is 30.5 Å². The van der Waals surface area contributed by atoms with Gasteiger partial charge in [-0.15, -0.1) is 0 Å². The number of nitrogens with zero attached hydrogens (tertiary/aromatic N) is 2. The molecule has 0 aliphatic rings. The van der Waals surface area contributed by atoms with Crippen LogP contribution in [0.4, 0.5) is 0 Å². The van der Waals surface area contributed by atoms with Crippen molar-refractivity contribution >= 4 is 5.91 Å². The molecule has 0 aliphatic heterocycles. The predicted octanol–water partition coefficient (Wildman–Crippen LogP) is 2.55. The number of rotatable bonds is 7. The second-order valence-electron chi connectivity index (χ2n) is 5.95. The Labute approximate surface area is 137 Å². The summed E-state index contributed by atoms with van der Waals surface area (Å²) in [6, 6.07) is 7.97. The van der Waals surface area contributed by atoms with E-state index in [0.717, 1.165) is 22.6 Å². The van der Waals surface area contributed by atoms with E-state index in [1.165, 1.54) is 0 Å². The maximum atomic E-state index is 12.0. The first kappa shape index (κ1) is 17.1. The van der Waals surface area contributed by atoms with Gasteiger partial charge in [-0.25, -0.2) is 0 Å². The summed E-state index contributed by atoms with van der Waals surface area (Å²) in [7, 11) is 1.88. The SMILES string of the molecule is Cc1cccc(C)c1OCC(C)NC(=O)CCc1ccnn1C. The average molecular weight is 315 g/mol. The quantitative estimate of drug-likeness (QED) is 0.854. The van der Waals surface area contributed by atoms with E-state index in [1.807, 2.05) is 52.1 Å². The average Bonchev–Trinajstić information content (AvgIpc) is 2.90. The summed E-state index contributed by atoms with van der Waals surface area (Å²) in [6.45, 7) is 6.47. The van der Waals surface area contributed by atoms with Crippen molar-refractivity contribution in [3.05, 3.63) is 47.3 Å². The van der Waals surface area contributed by atoms with Crippen molar-refractivity contribution in [2.24, 2.45) is 7.05 Å². The number of ether oxygens (including phenoxy) is 1. The first-order chi connectivity index (χ1) is 11.0. The van der Waals surface area contributed by atoms with Crippen molar-refractivity contribution in [1.29, 1.82) is 0 Å². The highest BCUT2D eigenvalue weighted by molar-refractivity contribution is 5.76. The van der Waals surface area contributed by atoms with E-state index >= 15 is 0 Å². The van der Waals surface area contributed by atoms with Crippen LogP contribution in [0.1, 0.15) is 30.2 Å². The number of aryl methyl sites for hydroxylation is 4. The summed E-state index contributed by atoms with van der Waals surface area (Å²) < 4.78 is 7.66. The van der Waals surface area contributed by atoms with Gasteiger partial charge in [0.25, 0.3) is 0 Å². The number of benzene rings is 1. The summed E-state index contributed by atoms with van der Waals surface area (Å²) in [4.78, 5) is 12.0. The van der Waals surface area contributed by atoms with Crippen LogP contribution in [0, 0.1) is 13.8 Å². The summed E-state index contributed by atoms with van der Waals surface area (Å²) >= 11 is 0. The van der Waals surface area contributed by atoms with Gasteiger partial charge in [0.1, 0.15) is 12.4 Å². The lowest BCUT2D eigenvalue weighted by Gasteiger charge is -2.17. The van der Waals surface area contributed by atoms with Gasteiger partial charge < -0.3 is 10.1 Å². The molecule has 5 heteroatoms. The monoisotopic (exact) mass is 315 g/mol. The number of nitrogens with one attached hydrogen (secondary N) is 1. The minimum Gasteiger partial charge on any atom is -0.491 e. The van der Waals surface area contributed by atoms with E-state index in [9.17, 15) is 4.79 Å². The molecule has 1 aromatic heterocycles. The Morgan fingerprint density at radius 3 is 2.61 bits per heavy atom. The van der Waals surface area contributed by atoms with Crippen LogP contribution < -0.4 is 10.1 Å². The van der Waals surface area contributed by atoms with Crippen LogP contribution in [-0.2, 0) is 18.3 Å². The van der Waals surface area contributed by atoms with Crippen LogP contribution in [-0.4, -0.2) is 28.3 Å². The normalized spacial score (nSPS) is 12.0. The van der Waals surface area contributed by atoms with Crippen molar-refractivity contribution in [1.82, 2.24) is 15.1 Å². The summed E-state index contributed by atoms with van der Waals surface area (Å²) in [5.41, 5.74) is 3.28. The van der Waals surface area contributed by atoms with Gasteiger partial charge in [0.05, 0.1) is 6.04 Å². The Balaban J connectivity index is 1.77. The summed E-state index contributed by atoms with van der Waals surface area (Å²) in [6.07, 6.45) is 2.88. The molecule has 1 unspecified atom stereocenters. The van der Waals surface area contributed by atoms with E-state index in [0.29, 0.717) is 19.4 Å². The molecule has 23 heavy (non-hydrogen) atoms. The minimum absolute atomic E-state index is 0.0313. The Morgan fingerprint density at radius 1 is 1.30 bits per heavy atom. The highest BCUT2D eigenvalue weighted by Gasteiger charge is 2.11. The van der Waals surface area contributed by atoms with Crippen molar-refractivity contribution in [2.75, 3.05) is 6.61 Å². The van der Waals surface area contributed by atoms with Crippen LogP contribution in [0.25, 0.3) is 0 Å². The van der Waals surface area contributed by atoms with Crippen LogP contribution in [0.2, 0.25) is 0 Å². The number of hydrogen-bond donors (Lipinski definition) is 1. The number of aromatic nitrogens is 2. The molecule has 0 saturated carbocycles. The zero-order valence-electron chi connectivity index (χ0n) is 14.3. The van der Waals surface area contributed by atoms with Crippen molar-refractivity contribution in [2.45, 2.75) is 39.7 Å². The molecule has 124 valence electrons. The number of para-hydroxylation sites is 1. The fourth-order valence-corrected chi connectivity index (χ4v) is 2.51. The molecular formula is C18H25N3O2. The third-order valence-corrected chi connectivity index (χ3v) is 3.82. The molecule has 0 fully saturated rings. The molecule has 1 atom stereocenters. The van der Waals surface area contributed by atoms with Gasteiger partial charge in [0.2, 0.25) is 5.91 Å². The van der Waals surface area contributed by atoms with E-state index in [-0.39, 0.29) is 11.9 Å². The van der Waals surface area contributed by atoms with E-state index < -0.39 is 0 Å². The Kier molecular flexibility index (Phi) is 5.79. The Hall–Kier alpha value is -2.30. The molecule has 1 heterocycles. The predicted molar refractivity (Wildman–Crippen MR) is 90.5 cm³/mol. The second kappa shape index (κ2) is 7.81. The Bertz CT molecular complexity index is 644. The first-order valence-electron chi connectivity index (χ1n) is 7.92. The largest absolute Gasteiger partial charge is 0.491 e. The highest BCUT2D eigenvalue weighted by Crippen LogP contribution is 2.22. The van der Waals surface area contributed by atoms with Gasteiger partial charge in [-0.3, -0.25) is 9.48 Å². The highest BCUT2D eigenvalue weighted by atomic mass is 16.5. The molecule has 0 bridgehead atoms. The number of carbonyl (C=O) groups excluding carboxylic acids is 1. The van der Waals surface area contributed by atoms with Crippen LogP contribution in [0.5, 0.6) is 5.75 Å². The smallest absolute Gasteiger partial charge is 0.220 e. The minimum atomic E-state index is -0.0342. The lowest BCUT2D eigenvalue weighted by atomic mass is 10.1. The van der Waals surface area contributed by atoms with E-state index in [4.69, 9.17) is 4.74 Å². The lowest BCUT2D eigenvalue weighted by molar-refractivity contribution is -0.121. The standard InChI is InChI=1S/C18H25N3O2/c1-13-6-5-7-14(2)18(13)23-12-15(3)20-17(22)9-8-16-10-11-19-21(16)4/h5-7,10-11,15H,8-9,12H2,1-4H3,(H,20,22). The Morgan fingerprint density at radius 2 is 2.00 bits per heavy atom. The van der Waals surface area contributed by atoms with Crippen molar-refractivity contribution < 1.29 is 9.53 Å². The molecule has 1 amide bonds. The van der Waals surface area contributed by atoms with E-state index in [1.54, 1.807) is 10.9 Å². The molecule has 2 rings (SSSR count). The van der Waals surface area contributed by atoms with Crippen molar-refractivity contribution in [3.8, 4) is 5.75 Å². The fraction of sp³-hybridized carbons (Fsp3) is 0.444. The van der Waals surface area contributed by atoms with Gasteiger partial charge in [0, 0.05) is 25.4 Å². The molecule has 2 aromatic rings. The third kappa shape index (κ3) is 4.84. The summed E-state index contributed by atoms with van der Waals surface area (Å²) in [5, 5.41) is 7.08. The molecule has 1 aromatic carbocycles. The maximum absolute atomic E-state index is 12.0. The van der Waals surface area contributed by atoms with Crippen LogP contribution >= 0.6 is 0 Å². The number of hydrogen-bond acceptors (Lipinski definition) is 3. The van der Waals surface area contributed by atoms with Gasteiger partial charge in [0.15, 0.2) is 0 Å².